The number of benzene rings is 3. The highest BCUT2D eigenvalue weighted by Crippen LogP contribution is 2.45. The van der Waals surface area contributed by atoms with Crippen molar-refractivity contribution in [2.45, 2.75) is 32.1 Å². The van der Waals surface area contributed by atoms with Gasteiger partial charge < -0.3 is 10.1 Å². The summed E-state index contributed by atoms with van der Waals surface area (Å²) in [5.41, 5.74) is 2.94. The fourth-order valence-corrected chi connectivity index (χ4v) is 6.04. The lowest BCUT2D eigenvalue weighted by molar-refractivity contribution is -0.122. The number of hydrogen-bond acceptors (Lipinski definition) is 5. The van der Waals surface area contributed by atoms with Crippen LogP contribution in [0.1, 0.15) is 46.7 Å². The van der Waals surface area contributed by atoms with E-state index in [0.29, 0.717) is 33.7 Å². The maximum Gasteiger partial charge on any atom is 0.338 e. The van der Waals surface area contributed by atoms with Crippen molar-refractivity contribution in [2.75, 3.05) is 16.8 Å². The molecule has 2 aliphatic rings. The summed E-state index contributed by atoms with van der Waals surface area (Å²) >= 11 is 9.44. The summed E-state index contributed by atoms with van der Waals surface area (Å²) in [6, 6.07) is 19.6. The van der Waals surface area contributed by atoms with Gasteiger partial charge in [-0.05, 0) is 89.5 Å². The van der Waals surface area contributed by atoms with Crippen molar-refractivity contribution in [3.8, 4) is 0 Å². The molecule has 1 saturated carbocycles. The van der Waals surface area contributed by atoms with E-state index in [-0.39, 0.29) is 35.1 Å². The molecule has 1 N–H and O–H groups in total. The summed E-state index contributed by atoms with van der Waals surface area (Å²) in [5, 5.41) is 3.11. The van der Waals surface area contributed by atoms with Gasteiger partial charge >= 0.3 is 5.97 Å². The van der Waals surface area contributed by atoms with Crippen molar-refractivity contribution in [2.24, 2.45) is 11.8 Å². The quantitative estimate of drug-likeness (QED) is 0.262. The maximum atomic E-state index is 13.4. The lowest BCUT2D eigenvalue weighted by Crippen LogP contribution is -2.31. The smallest absolute Gasteiger partial charge is 0.338 e. The first-order valence-corrected chi connectivity index (χ1v) is 13.9. The number of amides is 3. The number of ether oxygens (including phenoxy) is 1. The molecule has 1 saturated heterocycles. The Morgan fingerprint density at radius 2 is 1.74 bits per heavy atom. The Kier molecular flexibility index (Phi) is 7.86. The zero-order valence-corrected chi connectivity index (χ0v) is 23.5. The average molecular weight is 610 g/mol. The zero-order valence-electron chi connectivity index (χ0n) is 21.2. The van der Waals surface area contributed by atoms with Crippen LogP contribution in [-0.4, -0.2) is 30.3 Å². The van der Waals surface area contributed by atoms with Crippen LogP contribution in [0.2, 0.25) is 5.02 Å². The van der Waals surface area contributed by atoms with E-state index < -0.39 is 18.5 Å². The molecule has 3 aromatic rings. The molecule has 2 fully saturated rings. The van der Waals surface area contributed by atoms with Crippen LogP contribution in [-0.2, 0) is 19.1 Å². The van der Waals surface area contributed by atoms with E-state index in [1.807, 2.05) is 25.1 Å². The third kappa shape index (κ3) is 5.63. The molecule has 0 aromatic heterocycles. The van der Waals surface area contributed by atoms with Crippen LogP contribution >= 0.6 is 27.5 Å². The molecule has 7 nitrogen and oxygen atoms in total. The van der Waals surface area contributed by atoms with E-state index in [4.69, 9.17) is 16.3 Å². The van der Waals surface area contributed by atoms with Crippen LogP contribution < -0.4 is 10.2 Å². The summed E-state index contributed by atoms with van der Waals surface area (Å²) in [5.74, 6) is -2.24. The summed E-state index contributed by atoms with van der Waals surface area (Å²) in [4.78, 5) is 53.0. The van der Waals surface area contributed by atoms with Gasteiger partial charge in [0, 0.05) is 10.2 Å². The molecule has 0 unspecified atom stereocenters. The van der Waals surface area contributed by atoms with Gasteiger partial charge in [-0.15, -0.1) is 0 Å². The van der Waals surface area contributed by atoms with Gasteiger partial charge in [-0.1, -0.05) is 48.0 Å². The summed E-state index contributed by atoms with van der Waals surface area (Å²) < 4.78 is 5.91. The molecule has 1 aliphatic heterocycles. The molecule has 3 atom stereocenters. The van der Waals surface area contributed by atoms with E-state index in [1.54, 1.807) is 24.3 Å². The van der Waals surface area contributed by atoms with Crippen molar-refractivity contribution in [1.29, 1.82) is 0 Å². The van der Waals surface area contributed by atoms with Gasteiger partial charge in [0.05, 0.1) is 28.1 Å². The SMILES string of the molecule is Cc1cc(Br)c(Cl)cc1NC(=O)COC(=O)c1cccc(N2C(=O)[C@H]3C[C@@H](c4ccccc4)CC[C@H]3C2=O)c1. The number of nitrogens with one attached hydrogen (secondary N) is 1. The van der Waals surface area contributed by atoms with Gasteiger partial charge in [0.15, 0.2) is 6.61 Å². The molecule has 0 spiro atoms. The van der Waals surface area contributed by atoms with Crippen LogP contribution in [0, 0.1) is 18.8 Å². The number of fused-ring (bicyclic) bond motifs is 1. The Bertz CT molecular complexity index is 1460. The Labute approximate surface area is 239 Å². The molecule has 3 aromatic carbocycles. The van der Waals surface area contributed by atoms with Gasteiger partial charge in [0.2, 0.25) is 11.8 Å². The highest BCUT2D eigenvalue weighted by atomic mass is 79.9. The Morgan fingerprint density at radius 1 is 1.00 bits per heavy atom. The zero-order chi connectivity index (χ0) is 27.7. The normalized spacial score (nSPS) is 20.5. The number of nitrogens with zero attached hydrogens (tertiary/aromatic N) is 1. The first-order chi connectivity index (χ1) is 18.7. The third-order valence-corrected chi connectivity index (χ3v) is 8.61. The second kappa shape index (κ2) is 11.3. The number of halogens is 2. The molecule has 200 valence electrons. The van der Waals surface area contributed by atoms with E-state index in [0.717, 1.165) is 12.0 Å². The molecule has 39 heavy (non-hydrogen) atoms. The number of carbonyl (C=O) groups excluding carboxylic acids is 4. The van der Waals surface area contributed by atoms with E-state index in [2.05, 4.69) is 33.4 Å². The van der Waals surface area contributed by atoms with Crippen molar-refractivity contribution in [3.63, 3.8) is 0 Å². The first kappa shape index (κ1) is 27.1. The van der Waals surface area contributed by atoms with Crippen LogP contribution in [0.25, 0.3) is 0 Å². The first-order valence-electron chi connectivity index (χ1n) is 12.7. The second-order valence-electron chi connectivity index (χ2n) is 9.90. The number of anilines is 2. The Morgan fingerprint density at radius 3 is 2.51 bits per heavy atom. The van der Waals surface area contributed by atoms with Crippen molar-refractivity contribution >= 4 is 62.6 Å². The molecular weight excluding hydrogens is 584 g/mol. The van der Waals surface area contributed by atoms with E-state index in [1.165, 1.54) is 22.6 Å². The highest BCUT2D eigenvalue weighted by molar-refractivity contribution is 9.10. The van der Waals surface area contributed by atoms with E-state index >= 15 is 0 Å². The molecular formula is C30H26BrClN2O5. The fourth-order valence-electron chi connectivity index (χ4n) is 5.42. The van der Waals surface area contributed by atoms with Gasteiger partial charge in [0.1, 0.15) is 0 Å². The summed E-state index contributed by atoms with van der Waals surface area (Å²) in [6.45, 7) is 1.30. The number of esters is 1. The van der Waals surface area contributed by atoms with Crippen LogP contribution in [0.15, 0.2) is 71.2 Å². The minimum Gasteiger partial charge on any atom is -0.452 e. The molecule has 9 heteroatoms. The van der Waals surface area contributed by atoms with Gasteiger partial charge in [0.25, 0.3) is 5.91 Å². The molecule has 0 bridgehead atoms. The van der Waals surface area contributed by atoms with Gasteiger partial charge in [-0.25, -0.2) is 4.79 Å². The summed E-state index contributed by atoms with van der Waals surface area (Å²) in [7, 11) is 0. The predicted octanol–water partition coefficient (Wildman–Crippen LogP) is 6.28. The molecule has 5 rings (SSSR count). The molecule has 3 amide bonds. The number of carbonyl (C=O) groups is 4. The average Bonchev–Trinajstić information content (AvgIpc) is 3.19. The molecule has 0 radical (unpaired) electrons. The highest BCUT2D eigenvalue weighted by Gasteiger charge is 2.50. The monoisotopic (exact) mass is 608 g/mol. The van der Waals surface area contributed by atoms with E-state index in [9.17, 15) is 19.2 Å². The summed E-state index contributed by atoms with van der Waals surface area (Å²) in [6.07, 6.45) is 2.11. The number of rotatable bonds is 6. The van der Waals surface area contributed by atoms with Crippen molar-refractivity contribution in [3.05, 3.63) is 92.9 Å². The number of hydrogen-bond donors (Lipinski definition) is 1. The number of imide groups is 1. The van der Waals surface area contributed by atoms with Crippen LogP contribution in [0.3, 0.4) is 0 Å². The molecule has 1 heterocycles. The largest absolute Gasteiger partial charge is 0.452 e. The fraction of sp³-hybridized carbons (Fsp3) is 0.267. The second-order valence-corrected chi connectivity index (χ2v) is 11.2. The predicted molar refractivity (Wildman–Crippen MR) is 152 cm³/mol. The van der Waals surface area contributed by atoms with Gasteiger partial charge in [-0.2, -0.15) is 0 Å². The topological polar surface area (TPSA) is 92.8 Å². The minimum atomic E-state index is -0.738. The maximum absolute atomic E-state index is 13.4. The Balaban J connectivity index is 1.24. The standard InChI is InChI=1S/C30H26BrClN2O5/c1-17-12-24(31)25(32)15-26(17)33-27(35)16-39-30(38)20-8-5-9-21(13-20)34-28(36)22-11-10-19(14-23(22)29(34)37)18-6-3-2-4-7-18/h2-9,12-13,15,19,22-23H,10-11,14,16H2,1H3,(H,33,35)/t19-,22+,23-/m0/s1. The van der Waals surface area contributed by atoms with Crippen LogP contribution in [0.5, 0.6) is 0 Å². The van der Waals surface area contributed by atoms with Crippen LogP contribution in [0.4, 0.5) is 11.4 Å². The Hall–Kier alpha value is -3.49. The molecule has 1 aliphatic carbocycles. The third-order valence-electron chi connectivity index (χ3n) is 7.41. The van der Waals surface area contributed by atoms with Gasteiger partial charge in [-0.3, -0.25) is 19.3 Å². The lowest BCUT2D eigenvalue weighted by atomic mass is 9.73. The van der Waals surface area contributed by atoms with Crippen molar-refractivity contribution in [1.82, 2.24) is 0 Å². The number of aryl methyl sites for hydroxylation is 1. The van der Waals surface area contributed by atoms with Crippen molar-refractivity contribution < 1.29 is 23.9 Å². The lowest BCUT2D eigenvalue weighted by Gasteiger charge is -2.28. The minimum absolute atomic E-state index is 0.140.